The van der Waals surface area contributed by atoms with Crippen LogP contribution in [0.4, 0.5) is 0 Å². The van der Waals surface area contributed by atoms with E-state index in [9.17, 15) is 4.79 Å². The first kappa shape index (κ1) is 17.6. The van der Waals surface area contributed by atoms with Crippen LogP contribution in [0.15, 0.2) is 48.5 Å². The first-order chi connectivity index (χ1) is 12.1. The molecule has 1 heterocycles. The molecule has 2 aromatic carbocycles. The SMILES string of the molecule is Cc1ccc(OC2CCN(C(=O)COc3ccc(Cl)cc3)CC2)cc1. The number of benzene rings is 2. The summed E-state index contributed by atoms with van der Waals surface area (Å²) in [4.78, 5) is 14.1. The number of rotatable bonds is 5. The third-order valence-electron chi connectivity index (χ3n) is 4.29. The molecule has 0 aliphatic carbocycles. The van der Waals surface area contributed by atoms with Gasteiger partial charge in [0, 0.05) is 31.0 Å². The number of carbonyl (C=O) groups is 1. The highest BCUT2D eigenvalue weighted by atomic mass is 35.5. The van der Waals surface area contributed by atoms with E-state index in [1.54, 1.807) is 24.3 Å². The zero-order valence-corrected chi connectivity index (χ0v) is 15.0. The minimum Gasteiger partial charge on any atom is -0.490 e. The molecular formula is C20H22ClNO3. The first-order valence-corrected chi connectivity index (χ1v) is 8.87. The van der Waals surface area contributed by atoms with Crippen molar-refractivity contribution in [2.75, 3.05) is 19.7 Å². The van der Waals surface area contributed by atoms with Crippen molar-refractivity contribution in [2.45, 2.75) is 25.9 Å². The number of likely N-dealkylation sites (tertiary alicyclic amines) is 1. The van der Waals surface area contributed by atoms with E-state index in [4.69, 9.17) is 21.1 Å². The van der Waals surface area contributed by atoms with E-state index < -0.39 is 0 Å². The highest BCUT2D eigenvalue weighted by molar-refractivity contribution is 6.30. The fourth-order valence-electron chi connectivity index (χ4n) is 2.80. The van der Waals surface area contributed by atoms with Gasteiger partial charge in [0.25, 0.3) is 5.91 Å². The van der Waals surface area contributed by atoms with Crippen molar-refractivity contribution in [1.82, 2.24) is 4.90 Å². The zero-order chi connectivity index (χ0) is 17.6. The maximum absolute atomic E-state index is 12.3. The lowest BCUT2D eigenvalue weighted by Gasteiger charge is -2.32. The number of hydrogen-bond acceptors (Lipinski definition) is 3. The van der Waals surface area contributed by atoms with Gasteiger partial charge in [-0.25, -0.2) is 0 Å². The van der Waals surface area contributed by atoms with Gasteiger partial charge < -0.3 is 14.4 Å². The fourth-order valence-corrected chi connectivity index (χ4v) is 2.93. The van der Waals surface area contributed by atoms with Gasteiger partial charge in [-0.1, -0.05) is 29.3 Å². The standard InChI is InChI=1S/C20H22ClNO3/c1-15-2-6-18(7-3-15)25-19-10-12-22(13-11-19)20(23)14-24-17-8-4-16(21)5-9-17/h2-9,19H,10-14H2,1H3. The van der Waals surface area contributed by atoms with Gasteiger partial charge in [-0.15, -0.1) is 0 Å². The van der Waals surface area contributed by atoms with Crippen LogP contribution in [0.3, 0.4) is 0 Å². The maximum Gasteiger partial charge on any atom is 0.260 e. The van der Waals surface area contributed by atoms with Crippen LogP contribution in [0.5, 0.6) is 11.5 Å². The summed E-state index contributed by atoms with van der Waals surface area (Å²) in [6.07, 6.45) is 1.82. The van der Waals surface area contributed by atoms with E-state index in [-0.39, 0.29) is 18.6 Å². The van der Waals surface area contributed by atoms with Gasteiger partial charge in [-0.05, 0) is 43.3 Å². The number of aryl methyl sites for hydroxylation is 1. The molecule has 0 N–H and O–H groups in total. The summed E-state index contributed by atoms with van der Waals surface area (Å²) in [7, 11) is 0. The molecule has 0 saturated carbocycles. The molecule has 1 saturated heterocycles. The number of piperidine rings is 1. The van der Waals surface area contributed by atoms with Crippen LogP contribution in [-0.2, 0) is 4.79 Å². The molecule has 0 bridgehead atoms. The minimum absolute atomic E-state index is 0.00346. The molecule has 25 heavy (non-hydrogen) atoms. The molecular weight excluding hydrogens is 338 g/mol. The fraction of sp³-hybridized carbons (Fsp3) is 0.350. The molecule has 1 aliphatic rings. The van der Waals surface area contributed by atoms with Crippen molar-refractivity contribution in [3.8, 4) is 11.5 Å². The lowest BCUT2D eigenvalue weighted by atomic mass is 10.1. The van der Waals surface area contributed by atoms with Crippen molar-refractivity contribution in [3.05, 3.63) is 59.1 Å². The van der Waals surface area contributed by atoms with Crippen molar-refractivity contribution < 1.29 is 14.3 Å². The van der Waals surface area contributed by atoms with Crippen LogP contribution in [0, 0.1) is 6.92 Å². The quantitative estimate of drug-likeness (QED) is 0.806. The molecule has 0 spiro atoms. The van der Waals surface area contributed by atoms with Crippen molar-refractivity contribution in [3.63, 3.8) is 0 Å². The zero-order valence-electron chi connectivity index (χ0n) is 14.3. The smallest absolute Gasteiger partial charge is 0.260 e. The predicted octanol–water partition coefficient (Wildman–Crippen LogP) is 4.10. The predicted molar refractivity (Wildman–Crippen MR) is 98.4 cm³/mol. The Morgan fingerprint density at radius 2 is 1.64 bits per heavy atom. The van der Waals surface area contributed by atoms with Crippen molar-refractivity contribution >= 4 is 17.5 Å². The van der Waals surface area contributed by atoms with Crippen LogP contribution in [-0.4, -0.2) is 36.6 Å². The van der Waals surface area contributed by atoms with Crippen LogP contribution < -0.4 is 9.47 Å². The lowest BCUT2D eigenvalue weighted by Crippen LogP contribution is -2.43. The third-order valence-corrected chi connectivity index (χ3v) is 4.55. The van der Waals surface area contributed by atoms with Crippen LogP contribution in [0.1, 0.15) is 18.4 Å². The van der Waals surface area contributed by atoms with Gasteiger partial charge in [0.05, 0.1) is 0 Å². The molecule has 4 nitrogen and oxygen atoms in total. The highest BCUT2D eigenvalue weighted by Crippen LogP contribution is 2.20. The summed E-state index contributed by atoms with van der Waals surface area (Å²) in [5.41, 5.74) is 1.22. The average molecular weight is 360 g/mol. The monoisotopic (exact) mass is 359 g/mol. The first-order valence-electron chi connectivity index (χ1n) is 8.49. The van der Waals surface area contributed by atoms with Gasteiger partial charge in [0.15, 0.2) is 6.61 Å². The van der Waals surface area contributed by atoms with E-state index in [1.165, 1.54) is 5.56 Å². The molecule has 1 amide bonds. The molecule has 3 rings (SSSR count). The largest absolute Gasteiger partial charge is 0.490 e. The molecule has 132 valence electrons. The summed E-state index contributed by atoms with van der Waals surface area (Å²) in [6, 6.07) is 15.1. The summed E-state index contributed by atoms with van der Waals surface area (Å²) in [6.45, 7) is 3.49. The van der Waals surface area contributed by atoms with Gasteiger partial charge in [0.2, 0.25) is 0 Å². The Morgan fingerprint density at radius 1 is 1.04 bits per heavy atom. The number of nitrogens with zero attached hydrogens (tertiary/aromatic N) is 1. The summed E-state index contributed by atoms with van der Waals surface area (Å²) >= 11 is 5.83. The van der Waals surface area contributed by atoms with E-state index in [1.807, 2.05) is 29.2 Å². The molecule has 5 heteroatoms. The molecule has 0 unspecified atom stereocenters. The van der Waals surface area contributed by atoms with Crippen LogP contribution >= 0.6 is 11.6 Å². The van der Waals surface area contributed by atoms with E-state index in [0.717, 1.165) is 18.6 Å². The second kappa shape index (κ2) is 8.26. The summed E-state index contributed by atoms with van der Waals surface area (Å²) in [5, 5.41) is 0.648. The third kappa shape index (κ3) is 5.13. The Hall–Kier alpha value is -2.20. The topological polar surface area (TPSA) is 38.8 Å². The summed E-state index contributed by atoms with van der Waals surface area (Å²) < 4.78 is 11.5. The number of halogens is 1. The van der Waals surface area contributed by atoms with Gasteiger partial charge in [0.1, 0.15) is 17.6 Å². The van der Waals surface area contributed by atoms with E-state index in [0.29, 0.717) is 23.9 Å². The number of carbonyl (C=O) groups excluding carboxylic acids is 1. The minimum atomic E-state index is 0.00346. The Balaban J connectivity index is 1.42. The van der Waals surface area contributed by atoms with Gasteiger partial charge >= 0.3 is 0 Å². The lowest BCUT2D eigenvalue weighted by molar-refractivity contribution is -0.135. The molecule has 0 aromatic heterocycles. The molecule has 2 aromatic rings. The van der Waals surface area contributed by atoms with Crippen molar-refractivity contribution in [1.29, 1.82) is 0 Å². The van der Waals surface area contributed by atoms with Gasteiger partial charge in [-0.2, -0.15) is 0 Å². The Bertz CT molecular complexity index is 692. The molecule has 1 fully saturated rings. The Kier molecular flexibility index (Phi) is 5.82. The van der Waals surface area contributed by atoms with Crippen LogP contribution in [0.25, 0.3) is 0 Å². The summed E-state index contributed by atoms with van der Waals surface area (Å²) in [5.74, 6) is 1.54. The van der Waals surface area contributed by atoms with Gasteiger partial charge in [-0.3, -0.25) is 4.79 Å². The second-order valence-electron chi connectivity index (χ2n) is 6.25. The van der Waals surface area contributed by atoms with E-state index in [2.05, 4.69) is 6.92 Å². The highest BCUT2D eigenvalue weighted by Gasteiger charge is 2.24. The number of ether oxygens (including phenoxy) is 2. The number of amides is 1. The Morgan fingerprint density at radius 3 is 2.28 bits per heavy atom. The average Bonchev–Trinajstić information content (AvgIpc) is 2.63. The second-order valence-corrected chi connectivity index (χ2v) is 6.69. The Labute approximate surface area is 153 Å². The van der Waals surface area contributed by atoms with Crippen LogP contribution in [0.2, 0.25) is 5.02 Å². The molecule has 0 atom stereocenters. The molecule has 1 aliphatic heterocycles. The van der Waals surface area contributed by atoms with Crippen molar-refractivity contribution in [2.24, 2.45) is 0 Å². The molecule has 0 radical (unpaired) electrons. The number of hydrogen-bond donors (Lipinski definition) is 0. The van der Waals surface area contributed by atoms with E-state index >= 15 is 0 Å². The maximum atomic E-state index is 12.3. The normalized spacial score (nSPS) is 15.0.